The average molecular weight is 346 g/mol. The quantitative estimate of drug-likeness (QED) is 0.741. The molecule has 128 valence electrons. The number of rotatable bonds is 5. The first kappa shape index (κ1) is 17.3. The number of ether oxygens (including phenoxy) is 2. The van der Waals surface area contributed by atoms with Gasteiger partial charge in [-0.2, -0.15) is 0 Å². The van der Waals surface area contributed by atoms with E-state index in [4.69, 9.17) is 21.1 Å². The summed E-state index contributed by atoms with van der Waals surface area (Å²) in [6, 6.07) is 13.9. The van der Waals surface area contributed by atoms with E-state index in [1.54, 1.807) is 0 Å². The van der Waals surface area contributed by atoms with E-state index >= 15 is 0 Å². The zero-order valence-electron chi connectivity index (χ0n) is 14.3. The SMILES string of the molecule is CCCN1CCOC(c2ccc(Oc3ccc(Cl)cc3C)cc2)C1. The van der Waals surface area contributed by atoms with E-state index in [0.717, 1.165) is 48.3 Å². The highest BCUT2D eigenvalue weighted by Crippen LogP contribution is 2.29. The van der Waals surface area contributed by atoms with Gasteiger partial charge < -0.3 is 9.47 Å². The first-order valence-electron chi connectivity index (χ1n) is 8.53. The van der Waals surface area contributed by atoms with Crippen LogP contribution < -0.4 is 4.74 Å². The smallest absolute Gasteiger partial charge is 0.130 e. The molecule has 3 nitrogen and oxygen atoms in total. The Bertz CT molecular complexity index is 670. The summed E-state index contributed by atoms with van der Waals surface area (Å²) < 4.78 is 11.9. The fraction of sp³-hybridized carbons (Fsp3) is 0.400. The summed E-state index contributed by atoms with van der Waals surface area (Å²) in [4.78, 5) is 2.47. The molecule has 1 atom stereocenters. The Morgan fingerprint density at radius 1 is 1.21 bits per heavy atom. The van der Waals surface area contributed by atoms with Crippen molar-refractivity contribution in [1.82, 2.24) is 4.90 Å². The van der Waals surface area contributed by atoms with E-state index in [-0.39, 0.29) is 6.10 Å². The zero-order chi connectivity index (χ0) is 16.9. The van der Waals surface area contributed by atoms with Crippen molar-refractivity contribution in [1.29, 1.82) is 0 Å². The fourth-order valence-electron chi connectivity index (χ4n) is 3.03. The molecule has 0 amide bonds. The van der Waals surface area contributed by atoms with Crippen LogP contribution in [-0.2, 0) is 4.74 Å². The lowest BCUT2D eigenvalue weighted by molar-refractivity contribution is -0.0298. The van der Waals surface area contributed by atoms with Crippen LogP contribution in [0.4, 0.5) is 0 Å². The third kappa shape index (κ3) is 4.29. The molecule has 0 aliphatic carbocycles. The Labute approximate surface area is 149 Å². The second-order valence-corrected chi connectivity index (χ2v) is 6.68. The topological polar surface area (TPSA) is 21.7 Å². The average Bonchev–Trinajstić information content (AvgIpc) is 2.59. The summed E-state index contributed by atoms with van der Waals surface area (Å²) in [5.74, 6) is 1.65. The summed E-state index contributed by atoms with van der Waals surface area (Å²) >= 11 is 5.99. The minimum absolute atomic E-state index is 0.150. The van der Waals surface area contributed by atoms with Gasteiger partial charge in [0, 0.05) is 18.1 Å². The third-order valence-corrected chi connectivity index (χ3v) is 4.54. The van der Waals surface area contributed by atoms with Gasteiger partial charge in [0.2, 0.25) is 0 Å². The summed E-state index contributed by atoms with van der Waals surface area (Å²) in [6.45, 7) is 8.14. The number of nitrogens with zero attached hydrogens (tertiary/aromatic N) is 1. The lowest BCUT2D eigenvalue weighted by atomic mass is 10.1. The first-order chi connectivity index (χ1) is 11.7. The summed E-state index contributed by atoms with van der Waals surface area (Å²) in [7, 11) is 0. The Kier molecular flexibility index (Phi) is 5.77. The molecule has 0 bridgehead atoms. The van der Waals surface area contributed by atoms with Crippen molar-refractivity contribution in [3.05, 3.63) is 58.6 Å². The van der Waals surface area contributed by atoms with E-state index in [1.807, 2.05) is 37.3 Å². The van der Waals surface area contributed by atoms with Gasteiger partial charge in [0.15, 0.2) is 0 Å². The van der Waals surface area contributed by atoms with Crippen LogP contribution in [0.15, 0.2) is 42.5 Å². The van der Waals surface area contributed by atoms with Crippen LogP contribution in [0.5, 0.6) is 11.5 Å². The normalized spacial score (nSPS) is 18.5. The maximum atomic E-state index is 5.99. The number of benzene rings is 2. The van der Waals surface area contributed by atoms with E-state index in [0.29, 0.717) is 0 Å². The van der Waals surface area contributed by atoms with Gasteiger partial charge in [-0.3, -0.25) is 4.90 Å². The monoisotopic (exact) mass is 345 g/mol. The Balaban J connectivity index is 1.66. The van der Waals surface area contributed by atoms with E-state index < -0.39 is 0 Å². The Morgan fingerprint density at radius 2 is 2.00 bits per heavy atom. The third-order valence-electron chi connectivity index (χ3n) is 4.31. The van der Waals surface area contributed by atoms with Crippen LogP contribution in [0.25, 0.3) is 0 Å². The molecular formula is C20H24ClNO2. The number of aryl methyl sites for hydroxylation is 1. The maximum absolute atomic E-state index is 5.99. The van der Waals surface area contributed by atoms with Crippen LogP contribution in [0.1, 0.15) is 30.6 Å². The molecule has 1 saturated heterocycles. The highest BCUT2D eigenvalue weighted by Gasteiger charge is 2.21. The predicted octanol–water partition coefficient (Wildman–Crippen LogP) is 5.22. The number of morpholine rings is 1. The van der Waals surface area contributed by atoms with Gasteiger partial charge in [-0.15, -0.1) is 0 Å². The standard InChI is InChI=1S/C20H24ClNO2/c1-3-10-22-11-12-23-20(14-22)16-4-7-18(8-5-16)24-19-9-6-17(21)13-15(19)2/h4-9,13,20H,3,10-12,14H2,1-2H3. The van der Waals surface area contributed by atoms with Crippen molar-refractivity contribution in [2.24, 2.45) is 0 Å². The molecule has 24 heavy (non-hydrogen) atoms. The second kappa shape index (κ2) is 8.02. The molecule has 0 N–H and O–H groups in total. The first-order valence-corrected chi connectivity index (χ1v) is 8.91. The van der Waals surface area contributed by atoms with Gasteiger partial charge in [0.1, 0.15) is 11.5 Å². The highest BCUT2D eigenvalue weighted by atomic mass is 35.5. The molecule has 1 aliphatic rings. The Hall–Kier alpha value is -1.55. The minimum Gasteiger partial charge on any atom is -0.457 e. The molecule has 0 spiro atoms. The van der Waals surface area contributed by atoms with Crippen LogP contribution in [0.3, 0.4) is 0 Å². The largest absolute Gasteiger partial charge is 0.457 e. The summed E-state index contributed by atoms with van der Waals surface area (Å²) in [5, 5.41) is 0.723. The number of halogens is 1. The summed E-state index contributed by atoms with van der Waals surface area (Å²) in [5.41, 5.74) is 2.23. The van der Waals surface area contributed by atoms with Gasteiger partial charge in [0.25, 0.3) is 0 Å². The molecule has 1 fully saturated rings. The lowest BCUT2D eigenvalue weighted by Gasteiger charge is -2.33. The molecule has 1 aliphatic heterocycles. The van der Waals surface area contributed by atoms with Gasteiger partial charge in [-0.1, -0.05) is 30.7 Å². The van der Waals surface area contributed by atoms with Gasteiger partial charge in [-0.25, -0.2) is 0 Å². The number of hydrogen-bond donors (Lipinski definition) is 0. The van der Waals surface area contributed by atoms with Crippen LogP contribution in [-0.4, -0.2) is 31.1 Å². The lowest BCUT2D eigenvalue weighted by Crippen LogP contribution is -2.38. The van der Waals surface area contributed by atoms with Crippen molar-refractivity contribution in [3.8, 4) is 11.5 Å². The molecule has 0 aromatic heterocycles. The molecule has 1 unspecified atom stereocenters. The van der Waals surface area contributed by atoms with Crippen molar-refractivity contribution in [2.45, 2.75) is 26.4 Å². The predicted molar refractivity (Wildman–Crippen MR) is 98.1 cm³/mol. The highest BCUT2D eigenvalue weighted by molar-refractivity contribution is 6.30. The van der Waals surface area contributed by atoms with Crippen molar-refractivity contribution < 1.29 is 9.47 Å². The summed E-state index contributed by atoms with van der Waals surface area (Å²) in [6.07, 6.45) is 1.33. The maximum Gasteiger partial charge on any atom is 0.130 e. The van der Waals surface area contributed by atoms with Crippen molar-refractivity contribution in [3.63, 3.8) is 0 Å². The van der Waals surface area contributed by atoms with Gasteiger partial charge in [-0.05, 0) is 61.3 Å². The van der Waals surface area contributed by atoms with Crippen molar-refractivity contribution in [2.75, 3.05) is 26.2 Å². The molecular weight excluding hydrogens is 322 g/mol. The van der Waals surface area contributed by atoms with Crippen molar-refractivity contribution >= 4 is 11.6 Å². The van der Waals surface area contributed by atoms with Gasteiger partial charge in [0.05, 0.1) is 12.7 Å². The molecule has 3 rings (SSSR count). The van der Waals surface area contributed by atoms with Crippen LogP contribution >= 0.6 is 11.6 Å². The molecule has 1 heterocycles. The van der Waals surface area contributed by atoms with E-state index in [2.05, 4.69) is 24.0 Å². The van der Waals surface area contributed by atoms with E-state index in [1.165, 1.54) is 12.0 Å². The van der Waals surface area contributed by atoms with Crippen LogP contribution in [0, 0.1) is 6.92 Å². The molecule has 2 aromatic carbocycles. The molecule has 2 aromatic rings. The van der Waals surface area contributed by atoms with Gasteiger partial charge >= 0.3 is 0 Å². The molecule has 4 heteroatoms. The molecule has 0 saturated carbocycles. The molecule has 0 radical (unpaired) electrons. The zero-order valence-corrected chi connectivity index (χ0v) is 15.1. The van der Waals surface area contributed by atoms with E-state index in [9.17, 15) is 0 Å². The van der Waals surface area contributed by atoms with Crippen LogP contribution in [0.2, 0.25) is 5.02 Å². The Morgan fingerprint density at radius 3 is 2.71 bits per heavy atom. The fourth-order valence-corrected chi connectivity index (χ4v) is 3.25. The number of hydrogen-bond acceptors (Lipinski definition) is 3. The minimum atomic E-state index is 0.150. The second-order valence-electron chi connectivity index (χ2n) is 6.24.